The van der Waals surface area contributed by atoms with Gasteiger partial charge in [-0.3, -0.25) is 0 Å². The summed E-state index contributed by atoms with van der Waals surface area (Å²) in [5.74, 6) is 0. The molecule has 3 nitrogen and oxygen atoms in total. The number of halogens is 3. The van der Waals surface area contributed by atoms with Gasteiger partial charge in [0.2, 0.25) is 0 Å². The zero-order valence-electron chi connectivity index (χ0n) is 9.01. The molecule has 0 spiro atoms. The highest BCUT2D eigenvalue weighted by atomic mass is 19.4. The second-order valence-electron chi connectivity index (χ2n) is 3.95. The SMILES string of the molecule is CC(C)NCCC(N)CC(O)C(F)(F)F. The number of hydrogen-bond donors (Lipinski definition) is 3. The van der Waals surface area contributed by atoms with Crippen molar-refractivity contribution in [3.63, 3.8) is 0 Å². The molecule has 0 radical (unpaired) electrons. The van der Waals surface area contributed by atoms with E-state index in [1.165, 1.54) is 0 Å². The molecule has 0 fully saturated rings. The molecule has 0 aromatic rings. The molecule has 0 saturated carbocycles. The monoisotopic (exact) mass is 228 g/mol. The van der Waals surface area contributed by atoms with E-state index in [0.717, 1.165) is 0 Å². The van der Waals surface area contributed by atoms with Gasteiger partial charge in [0.15, 0.2) is 6.10 Å². The van der Waals surface area contributed by atoms with Gasteiger partial charge in [0, 0.05) is 12.1 Å². The molecule has 0 aromatic carbocycles. The summed E-state index contributed by atoms with van der Waals surface area (Å²) in [6, 6.07) is -0.349. The van der Waals surface area contributed by atoms with Gasteiger partial charge < -0.3 is 16.2 Å². The molecule has 0 aliphatic carbocycles. The van der Waals surface area contributed by atoms with Crippen molar-refractivity contribution in [1.82, 2.24) is 5.32 Å². The average Bonchev–Trinajstić information content (AvgIpc) is 2.01. The highest BCUT2D eigenvalue weighted by Gasteiger charge is 2.38. The molecular formula is C9H19F3N2O. The summed E-state index contributed by atoms with van der Waals surface area (Å²) in [6.07, 6.45) is -6.90. The van der Waals surface area contributed by atoms with E-state index in [0.29, 0.717) is 13.0 Å². The largest absolute Gasteiger partial charge is 0.414 e. The minimum atomic E-state index is -4.57. The van der Waals surface area contributed by atoms with Crippen molar-refractivity contribution >= 4 is 0 Å². The van der Waals surface area contributed by atoms with Gasteiger partial charge in [0.25, 0.3) is 0 Å². The van der Waals surface area contributed by atoms with E-state index >= 15 is 0 Å². The Hall–Kier alpha value is -0.330. The number of nitrogens with two attached hydrogens (primary N) is 1. The van der Waals surface area contributed by atoms with Crippen LogP contribution in [0.3, 0.4) is 0 Å². The molecule has 2 unspecified atom stereocenters. The first kappa shape index (κ1) is 14.7. The normalized spacial score (nSPS) is 16.8. The summed E-state index contributed by atoms with van der Waals surface area (Å²) in [5.41, 5.74) is 5.46. The molecule has 0 aliphatic rings. The third-order valence-corrected chi connectivity index (χ3v) is 1.97. The molecule has 0 saturated heterocycles. The number of aliphatic hydroxyl groups is 1. The Morgan fingerprint density at radius 3 is 2.27 bits per heavy atom. The average molecular weight is 228 g/mol. The zero-order valence-corrected chi connectivity index (χ0v) is 9.01. The second kappa shape index (κ2) is 6.30. The van der Waals surface area contributed by atoms with Crippen LogP contribution in [0.25, 0.3) is 0 Å². The van der Waals surface area contributed by atoms with Crippen LogP contribution in [0, 0.1) is 0 Å². The lowest BCUT2D eigenvalue weighted by atomic mass is 10.1. The van der Waals surface area contributed by atoms with Gasteiger partial charge in [0.1, 0.15) is 0 Å². The molecule has 0 aromatic heterocycles. The maximum absolute atomic E-state index is 11.9. The van der Waals surface area contributed by atoms with Crippen molar-refractivity contribution < 1.29 is 18.3 Å². The number of alkyl halides is 3. The van der Waals surface area contributed by atoms with E-state index in [9.17, 15) is 13.2 Å². The van der Waals surface area contributed by atoms with Crippen LogP contribution in [0.5, 0.6) is 0 Å². The summed E-state index contributed by atoms with van der Waals surface area (Å²) in [7, 11) is 0. The topological polar surface area (TPSA) is 58.3 Å². The summed E-state index contributed by atoms with van der Waals surface area (Å²) in [5, 5.41) is 11.8. The van der Waals surface area contributed by atoms with Crippen LogP contribution in [0.1, 0.15) is 26.7 Å². The van der Waals surface area contributed by atoms with Gasteiger partial charge in [-0.05, 0) is 19.4 Å². The highest BCUT2D eigenvalue weighted by molar-refractivity contribution is 4.73. The maximum Gasteiger partial charge on any atom is 0.414 e. The standard InChI is InChI=1S/C9H19F3N2O/c1-6(2)14-4-3-7(13)5-8(15)9(10,11)12/h6-8,14-15H,3-5,13H2,1-2H3. The molecule has 0 rings (SSSR count). The molecule has 92 valence electrons. The van der Waals surface area contributed by atoms with Crippen molar-refractivity contribution in [1.29, 1.82) is 0 Å². The Morgan fingerprint density at radius 2 is 1.87 bits per heavy atom. The van der Waals surface area contributed by atoms with Crippen molar-refractivity contribution in [3.05, 3.63) is 0 Å². The predicted octanol–water partition coefficient (Wildman–Crippen LogP) is 1.02. The van der Waals surface area contributed by atoms with Gasteiger partial charge in [0.05, 0.1) is 0 Å². The number of nitrogens with one attached hydrogen (secondary N) is 1. The van der Waals surface area contributed by atoms with Crippen molar-refractivity contribution in [2.24, 2.45) is 5.73 Å². The number of aliphatic hydroxyl groups excluding tert-OH is 1. The zero-order chi connectivity index (χ0) is 12.1. The van der Waals surface area contributed by atoms with Crippen LogP contribution >= 0.6 is 0 Å². The van der Waals surface area contributed by atoms with Gasteiger partial charge in [-0.15, -0.1) is 0 Å². The van der Waals surface area contributed by atoms with Crippen LogP contribution < -0.4 is 11.1 Å². The fourth-order valence-corrected chi connectivity index (χ4v) is 1.10. The summed E-state index contributed by atoms with van der Waals surface area (Å²) in [4.78, 5) is 0. The van der Waals surface area contributed by atoms with Crippen LogP contribution in [0.15, 0.2) is 0 Å². The van der Waals surface area contributed by atoms with Crippen molar-refractivity contribution in [3.8, 4) is 0 Å². The van der Waals surface area contributed by atoms with Crippen LogP contribution in [-0.4, -0.2) is 36.0 Å². The van der Waals surface area contributed by atoms with Gasteiger partial charge in [-0.25, -0.2) is 0 Å². The Labute approximate surface area is 87.8 Å². The number of hydrogen-bond acceptors (Lipinski definition) is 3. The molecule has 4 N–H and O–H groups in total. The Bertz CT molecular complexity index is 173. The van der Waals surface area contributed by atoms with Gasteiger partial charge in [-0.1, -0.05) is 13.8 Å². The quantitative estimate of drug-likeness (QED) is 0.636. The Kier molecular flexibility index (Phi) is 6.16. The fourth-order valence-electron chi connectivity index (χ4n) is 1.10. The minimum absolute atomic E-state index is 0.282. The Morgan fingerprint density at radius 1 is 1.33 bits per heavy atom. The third kappa shape index (κ3) is 7.58. The van der Waals surface area contributed by atoms with Gasteiger partial charge in [-0.2, -0.15) is 13.2 Å². The molecule has 0 heterocycles. The Balaban J connectivity index is 3.69. The van der Waals surface area contributed by atoms with Crippen LogP contribution in [-0.2, 0) is 0 Å². The molecule has 0 bridgehead atoms. The van der Waals surface area contributed by atoms with E-state index in [-0.39, 0.29) is 6.04 Å². The van der Waals surface area contributed by atoms with Crippen molar-refractivity contribution in [2.45, 2.75) is 51.1 Å². The van der Waals surface area contributed by atoms with E-state index in [2.05, 4.69) is 5.32 Å². The molecule has 0 aliphatic heterocycles. The molecule has 2 atom stereocenters. The smallest absolute Gasteiger partial charge is 0.384 e. The van der Waals surface area contributed by atoms with E-state index in [1.54, 1.807) is 0 Å². The molecular weight excluding hydrogens is 209 g/mol. The first-order chi connectivity index (χ1) is 6.73. The minimum Gasteiger partial charge on any atom is -0.384 e. The molecule has 6 heteroatoms. The molecule has 15 heavy (non-hydrogen) atoms. The fraction of sp³-hybridized carbons (Fsp3) is 1.00. The van der Waals surface area contributed by atoms with Gasteiger partial charge >= 0.3 is 6.18 Å². The predicted molar refractivity (Wildman–Crippen MR) is 52.4 cm³/mol. The number of rotatable bonds is 6. The van der Waals surface area contributed by atoms with E-state index in [4.69, 9.17) is 10.8 Å². The highest BCUT2D eigenvalue weighted by Crippen LogP contribution is 2.23. The first-order valence-corrected chi connectivity index (χ1v) is 4.97. The lowest BCUT2D eigenvalue weighted by Gasteiger charge is -2.19. The van der Waals surface area contributed by atoms with E-state index in [1.807, 2.05) is 13.8 Å². The lowest BCUT2D eigenvalue weighted by Crippen LogP contribution is -2.37. The maximum atomic E-state index is 11.9. The summed E-state index contributed by atoms with van der Waals surface area (Å²) < 4.78 is 35.8. The van der Waals surface area contributed by atoms with Crippen molar-refractivity contribution in [2.75, 3.05) is 6.54 Å². The lowest BCUT2D eigenvalue weighted by molar-refractivity contribution is -0.206. The van der Waals surface area contributed by atoms with Crippen LogP contribution in [0.4, 0.5) is 13.2 Å². The van der Waals surface area contributed by atoms with Crippen LogP contribution in [0.2, 0.25) is 0 Å². The second-order valence-corrected chi connectivity index (χ2v) is 3.95. The first-order valence-electron chi connectivity index (χ1n) is 4.97. The van der Waals surface area contributed by atoms with E-state index < -0.39 is 24.7 Å². The summed E-state index contributed by atoms with van der Waals surface area (Å²) >= 11 is 0. The molecule has 0 amide bonds. The third-order valence-electron chi connectivity index (χ3n) is 1.97. The summed E-state index contributed by atoms with van der Waals surface area (Å²) in [6.45, 7) is 4.44.